The monoisotopic (exact) mass is 131 g/mol. The molecule has 1 aromatic heterocycles. The molecule has 1 aromatic rings. The molecule has 0 saturated heterocycles. The van der Waals surface area contributed by atoms with Gasteiger partial charge in [-0.2, -0.15) is 4.39 Å². The fraction of sp³-hybridized carbons (Fsp3) is 0. The summed E-state index contributed by atoms with van der Waals surface area (Å²) in [6.45, 7) is 0. The van der Waals surface area contributed by atoms with Crippen LogP contribution in [0.2, 0.25) is 0 Å². The van der Waals surface area contributed by atoms with Gasteiger partial charge in [0, 0.05) is 6.20 Å². The Kier molecular flexibility index (Phi) is 1.30. The van der Waals surface area contributed by atoms with Gasteiger partial charge in [0.05, 0.1) is 0 Å². The van der Waals surface area contributed by atoms with E-state index < -0.39 is 17.5 Å². The highest BCUT2D eigenvalue weighted by Crippen LogP contribution is 2.15. The Labute approximate surface area is 49.8 Å². The van der Waals surface area contributed by atoms with Gasteiger partial charge in [-0.05, 0) is 6.07 Å². The SMILES string of the molecule is Oc1c(F)ccnc1F. The Morgan fingerprint density at radius 2 is 2.11 bits per heavy atom. The molecule has 0 aliphatic heterocycles. The van der Waals surface area contributed by atoms with E-state index in [0.717, 1.165) is 12.3 Å². The molecule has 0 atom stereocenters. The number of halogens is 2. The summed E-state index contributed by atoms with van der Waals surface area (Å²) in [5.74, 6) is -3.21. The molecule has 0 fully saturated rings. The third-order valence-electron chi connectivity index (χ3n) is 0.830. The number of rotatable bonds is 0. The smallest absolute Gasteiger partial charge is 0.258 e. The quantitative estimate of drug-likeness (QED) is 0.534. The van der Waals surface area contributed by atoms with Gasteiger partial charge in [-0.3, -0.25) is 0 Å². The van der Waals surface area contributed by atoms with Gasteiger partial charge in [-0.1, -0.05) is 0 Å². The number of hydrogen-bond acceptors (Lipinski definition) is 2. The third kappa shape index (κ3) is 0.960. The molecule has 0 radical (unpaired) electrons. The molecule has 0 bridgehead atoms. The summed E-state index contributed by atoms with van der Waals surface area (Å²) in [7, 11) is 0. The first kappa shape index (κ1) is 5.94. The summed E-state index contributed by atoms with van der Waals surface area (Å²) in [5.41, 5.74) is 0. The molecule has 4 heteroatoms. The molecule has 0 aliphatic carbocycles. The van der Waals surface area contributed by atoms with E-state index in [1.165, 1.54) is 0 Å². The Morgan fingerprint density at radius 3 is 2.56 bits per heavy atom. The van der Waals surface area contributed by atoms with Crippen molar-refractivity contribution in [2.75, 3.05) is 0 Å². The van der Waals surface area contributed by atoms with Crippen molar-refractivity contribution in [2.24, 2.45) is 0 Å². The minimum atomic E-state index is -1.19. The van der Waals surface area contributed by atoms with Crippen molar-refractivity contribution < 1.29 is 13.9 Å². The van der Waals surface area contributed by atoms with Gasteiger partial charge < -0.3 is 5.11 Å². The minimum absolute atomic E-state index is 0.873. The predicted molar refractivity (Wildman–Crippen MR) is 25.8 cm³/mol. The molecule has 2 nitrogen and oxygen atoms in total. The Morgan fingerprint density at radius 1 is 1.44 bits per heavy atom. The van der Waals surface area contributed by atoms with Crippen LogP contribution in [0.5, 0.6) is 5.75 Å². The number of aromatic nitrogens is 1. The van der Waals surface area contributed by atoms with Gasteiger partial charge in [0.1, 0.15) is 0 Å². The summed E-state index contributed by atoms with van der Waals surface area (Å²) in [4.78, 5) is 2.98. The summed E-state index contributed by atoms with van der Waals surface area (Å²) >= 11 is 0. The highest BCUT2D eigenvalue weighted by Gasteiger charge is 2.04. The summed E-state index contributed by atoms with van der Waals surface area (Å²) in [6, 6.07) is 0.873. The van der Waals surface area contributed by atoms with Crippen LogP contribution in [0, 0.1) is 11.8 Å². The van der Waals surface area contributed by atoms with Crippen LogP contribution in [0.1, 0.15) is 0 Å². The van der Waals surface area contributed by atoms with Crippen LogP contribution in [0.3, 0.4) is 0 Å². The lowest BCUT2D eigenvalue weighted by Gasteiger charge is -1.91. The molecule has 1 heterocycles. The van der Waals surface area contributed by atoms with Gasteiger partial charge in [-0.25, -0.2) is 9.37 Å². The second-order valence-corrected chi connectivity index (χ2v) is 1.43. The number of aromatic hydroxyl groups is 1. The fourth-order valence-electron chi connectivity index (χ4n) is 0.407. The first-order chi connectivity index (χ1) is 4.22. The lowest BCUT2D eigenvalue weighted by molar-refractivity contribution is 0.384. The third-order valence-corrected chi connectivity index (χ3v) is 0.830. The molecule has 0 amide bonds. The van der Waals surface area contributed by atoms with Crippen LogP contribution < -0.4 is 0 Å². The fourth-order valence-corrected chi connectivity index (χ4v) is 0.407. The molecular weight excluding hydrogens is 128 g/mol. The molecule has 1 N–H and O–H groups in total. The van der Waals surface area contributed by atoms with Crippen LogP contribution in [0.15, 0.2) is 12.3 Å². The molecule has 0 aliphatic rings. The molecule has 9 heavy (non-hydrogen) atoms. The van der Waals surface area contributed by atoms with Crippen LogP contribution in [0.25, 0.3) is 0 Å². The molecule has 0 aromatic carbocycles. The van der Waals surface area contributed by atoms with E-state index >= 15 is 0 Å². The van der Waals surface area contributed by atoms with Crippen molar-refractivity contribution in [3.8, 4) is 5.75 Å². The zero-order valence-corrected chi connectivity index (χ0v) is 4.31. The highest BCUT2D eigenvalue weighted by atomic mass is 19.1. The second kappa shape index (κ2) is 1.97. The van der Waals surface area contributed by atoms with Gasteiger partial charge >= 0.3 is 0 Å². The maximum absolute atomic E-state index is 12.0. The maximum atomic E-state index is 12.0. The lowest BCUT2D eigenvalue weighted by atomic mass is 10.4. The van der Waals surface area contributed by atoms with Crippen LogP contribution in [-0.2, 0) is 0 Å². The molecule has 1 rings (SSSR count). The standard InChI is InChI=1S/C5H3F2NO/c6-3-1-2-8-5(7)4(3)9/h1-2,9H. The molecule has 48 valence electrons. The first-order valence-corrected chi connectivity index (χ1v) is 2.21. The molecular formula is C5H3F2NO. The summed E-state index contributed by atoms with van der Waals surface area (Å²) in [5, 5.41) is 8.39. The van der Waals surface area contributed by atoms with Gasteiger partial charge in [0.2, 0.25) is 5.75 Å². The van der Waals surface area contributed by atoms with Gasteiger partial charge in [0.15, 0.2) is 5.82 Å². The summed E-state index contributed by atoms with van der Waals surface area (Å²) in [6.07, 6.45) is 0.935. The minimum Gasteiger partial charge on any atom is -0.502 e. The Balaban J connectivity index is 3.25. The topological polar surface area (TPSA) is 33.1 Å². The van der Waals surface area contributed by atoms with Crippen LogP contribution >= 0.6 is 0 Å². The first-order valence-electron chi connectivity index (χ1n) is 2.21. The van der Waals surface area contributed by atoms with Crippen LogP contribution in [0.4, 0.5) is 8.78 Å². The van der Waals surface area contributed by atoms with Gasteiger partial charge in [-0.15, -0.1) is 0 Å². The predicted octanol–water partition coefficient (Wildman–Crippen LogP) is 1.07. The normalized spacial score (nSPS) is 9.56. The molecule has 0 saturated carbocycles. The van der Waals surface area contributed by atoms with E-state index in [0.29, 0.717) is 0 Å². The van der Waals surface area contributed by atoms with Crippen molar-refractivity contribution in [1.29, 1.82) is 0 Å². The average Bonchev–Trinajstić information content (AvgIpc) is 1.83. The molecule has 0 spiro atoms. The molecule has 0 unspecified atom stereocenters. The zero-order valence-electron chi connectivity index (χ0n) is 4.31. The Bertz CT molecular complexity index is 206. The summed E-state index contributed by atoms with van der Waals surface area (Å²) < 4.78 is 24.0. The van der Waals surface area contributed by atoms with E-state index in [1.54, 1.807) is 0 Å². The van der Waals surface area contributed by atoms with Crippen molar-refractivity contribution in [3.63, 3.8) is 0 Å². The van der Waals surface area contributed by atoms with Gasteiger partial charge in [0.25, 0.3) is 5.95 Å². The van der Waals surface area contributed by atoms with Crippen molar-refractivity contribution in [3.05, 3.63) is 24.0 Å². The largest absolute Gasteiger partial charge is 0.502 e. The lowest BCUT2D eigenvalue weighted by Crippen LogP contribution is -1.84. The maximum Gasteiger partial charge on any atom is 0.258 e. The van der Waals surface area contributed by atoms with E-state index in [-0.39, 0.29) is 0 Å². The van der Waals surface area contributed by atoms with Crippen molar-refractivity contribution in [2.45, 2.75) is 0 Å². The zero-order chi connectivity index (χ0) is 6.85. The number of pyridine rings is 1. The van der Waals surface area contributed by atoms with Crippen molar-refractivity contribution in [1.82, 2.24) is 4.98 Å². The van der Waals surface area contributed by atoms with Crippen LogP contribution in [-0.4, -0.2) is 10.1 Å². The highest BCUT2D eigenvalue weighted by molar-refractivity contribution is 5.18. The Hall–Kier alpha value is -1.19. The number of hydrogen-bond donors (Lipinski definition) is 1. The average molecular weight is 131 g/mol. The van der Waals surface area contributed by atoms with E-state index in [4.69, 9.17) is 5.11 Å². The van der Waals surface area contributed by atoms with E-state index in [2.05, 4.69) is 4.98 Å². The second-order valence-electron chi connectivity index (χ2n) is 1.43. The number of nitrogens with zero attached hydrogens (tertiary/aromatic N) is 1. The van der Waals surface area contributed by atoms with Crippen molar-refractivity contribution >= 4 is 0 Å². The van der Waals surface area contributed by atoms with E-state index in [1.807, 2.05) is 0 Å². The van der Waals surface area contributed by atoms with E-state index in [9.17, 15) is 8.78 Å².